The molecule has 1 N–H and O–H groups in total. The number of phenols is 1. The van der Waals surface area contributed by atoms with Crippen LogP contribution in [0.25, 0.3) is 6.08 Å². The van der Waals surface area contributed by atoms with Gasteiger partial charge in [-0.3, -0.25) is 4.79 Å². The molecule has 0 aliphatic carbocycles. The Labute approximate surface area is 214 Å². The molecule has 0 amide bonds. The quantitative estimate of drug-likeness (QED) is 0.385. The van der Waals surface area contributed by atoms with Crippen molar-refractivity contribution in [2.45, 2.75) is 71.5 Å². The van der Waals surface area contributed by atoms with Gasteiger partial charge in [-0.15, -0.1) is 0 Å². The van der Waals surface area contributed by atoms with Crippen LogP contribution in [0.5, 0.6) is 23.0 Å². The van der Waals surface area contributed by atoms with E-state index >= 15 is 0 Å². The zero-order chi connectivity index (χ0) is 25.9. The van der Waals surface area contributed by atoms with E-state index in [-0.39, 0.29) is 18.0 Å². The molecule has 5 nitrogen and oxygen atoms in total. The summed E-state index contributed by atoms with van der Waals surface area (Å²) >= 11 is 0. The highest BCUT2D eigenvalue weighted by Gasteiger charge is 2.37. The van der Waals surface area contributed by atoms with Crippen LogP contribution in [0.1, 0.15) is 87.4 Å². The van der Waals surface area contributed by atoms with Crippen LogP contribution in [0, 0.1) is 0 Å². The van der Waals surface area contributed by atoms with Crippen molar-refractivity contribution in [2.75, 3.05) is 7.11 Å². The van der Waals surface area contributed by atoms with Crippen LogP contribution >= 0.6 is 0 Å². The molecule has 4 rings (SSSR count). The Hall–Kier alpha value is -3.47. The molecule has 2 aliphatic heterocycles. The van der Waals surface area contributed by atoms with E-state index in [1.54, 1.807) is 37.4 Å². The molecule has 0 aromatic heterocycles. The fraction of sp³-hybridized carbons (Fsp3) is 0.387. The predicted molar refractivity (Wildman–Crippen MR) is 143 cm³/mol. The number of ether oxygens (including phenoxy) is 3. The Kier molecular flexibility index (Phi) is 7.58. The number of rotatable bonds is 8. The number of hydrogen-bond donors (Lipinski definition) is 1. The molecule has 2 aromatic carbocycles. The second kappa shape index (κ2) is 10.7. The Balaban J connectivity index is 1.55. The fourth-order valence-electron chi connectivity index (χ4n) is 4.72. The summed E-state index contributed by atoms with van der Waals surface area (Å²) in [7, 11) is 1.56. The van der Waals surface area contributed by atoms with Crippen molar-refractivity contribution < 1.29 is 24.1 Å². The SMILES string of the molecule is COc1cc2c(c3c1C(=O)C[C@H](c1ccc(O)cc1)O3)C=CC(C)(CC/C=C(\C)CCC=C(C)C)O2. The minimum Gasteiger partial charge on any atom is -0.508 e. The smallest absolute Gasteiger partial charge is 0.174 e. The molecule has 0 spiro atoms. The lowest BCUT2D eigenvalue weighted by atomic mass is 9.90. The topological polar surface area (TPSA) is 65.0 Å². The largest absolute Gasteiger partial charge is 0.508 e. The third-order valence-electron chi connectivity index (χ3n) is 6.81. The molecule has 2 aromatic rings. The summed E-state index contributed by atoms with van der Waals surface area (Å²) in [6.45, 7) is 8.52. The van der Waals surface area contributed by atoms with Gasteiger partial charge in [-0.1, -0.05) is 35.4 Å². The second-order valence-electron chi connectivity index (χ2n) is 10.2. The van der Waals surface area contributed by atoms with Gasteiger partial charge in [0.05, 0.1) is 19.1 Å². The molecular formula is C31H36O5. The van der Waals surface area contributed by atoms with E-state index in [0.29, 0.717) is 22.8 Å². The maximum Gasteiger partial charge on any atom is 0.174 e. The standard InChI is InChI=1S/C31H36O5/c1-20(2)8-6-9-21(3)10-7-16-31(4)17-15-24-27(36-31)19-28(34-5)29-25(33)18-26(35-30(24)29)22-11-13-23(32)14-12-22/h8,10-15,17,19,26,32H,6-7,9,16,18H2,1-5H3/b21-10+/t26-,31?/m1/s1. The summed E-state index contributed by atoms with van der Waals surface area (Å²) in [5.41, 5.74) is 4.32. The van der Waals surface area contributed by atoms with Gasteiger partial charge in [-0.05, 0) is 83.2 Å². The molecule has 0 saturated carbocycles. The van der Waals surface area contributed by atoms with Crippen LogP contribution in [0.3, 0.4) is 0 Å². The third kappa shape index (κ3) is 5.67. The Morgan fingerprint density at radius 1 is 1.17 bits per heavy atom. The molecule has 5 heteroatoms. The molecule has 190 valence electrons. The van der Waals surface area contributed by atoms with Crippen molar-refractivity contribution in [1.82, 2.24) is 0 Å². The van der Waals surface area contributed by atoms with E-state index in [4.69, 9.17) is 14.2 Å². The van der Waals surface area contributed by atoms with E-state index in [1.165, 1.54) is 11.1 Å². The maximum atomic E-state index is 13.2. The normalized spacial score (nSPS) is 20.6. The van der Waals surface area contributed by atoms with Gasteiger partial charge >= 0.3 is 0 Å². The van der Waals surface area contributed by atoms with E-state index < -0.39 is 11.7 Å². The first kappa shape index (κ1) is 25.6. The Morgan fingerprint density at radius 2 is 1.92 bits per heavy atom. The lowest BCUT2D eigenvalue weighted by Crippen LogP contribution is -2.32. The number of phenolic OH excluding ortho intramolecular Hbond substituents is 1. The summed E-state index contributed by atoms with van der Waals surface area (Å²) in [5, 5.41) is 9.63. The van der Waals surface area contributed by atoms with Crippen molar-refractivity contribution >= 4 is 11.9 Å². The van der Waals surface area contributed by atoms with Crippen LogP contribution in [0.4, 0.5) is 0 Å². The first-order chi connectivity index (χ1) is 17.2. The molecule has 0 radical (unpaired) electrons. The molecule has 1 unspecified atom stereocenters. The lowest BCUT2D eigenvalue weighted by Gasteiger charge is -2.35. The lowest BCUT2D eigenvalue weighted by molar-refractivity contribution is 0.0838. The van der Waals surface area contributed by atoms with Crippen molar-refractivity contribution in [3.63, 3.8) is 0 Å². The molecule has 0 fully saturated rings. The van der Waals surface area contributed by atoms with Gasteiger partial charge < -0.3 is 19.3 Å². The van der Waals surface area contributed by atoms with Gasteiger partial charge in [0.15, 0.2) is 5.78 Å². The Morgan fingerprint density at radius 3 is 2.61 bits per heavy atom. The molecule has 0 saturated heterocycles. The predicted octanol–water partition coefficient (Wildman–Crippen LogP) is 7.74. The van der Waals surface area contributed by atoms with Gasteiger partial charge in [0, 0.05) is 6.07 Å². The highest BCUT2D eigenvalue weighted by atomic mass is 16.5. The summed E-state index contributed by atoms with van der Waals surface area (Å²) in [4.78, 5) is 13.2. The number of carbonyl (C=O) groups is 1. The van der Waals surface area contributed by atoms with E-state index in [9.17, 15) is 9.90 Å². The van der Waals surface area contributed by atoms with Crippen molar-refractivity contribution in [3.05, 3.63) is 76.4 Å². The van der Waals surface area contributed by atoms with Gasteiger partial charge in [-0.2, -0.15) is 0 Å². The number of hydrogen-bond acceptors (Lipinski definition) is 5. The molecule has 36 heavy (non-hydrogen) atoms. The summed E-state index contributed by atoms with van der Waals surface area (Å²) in [5.74, 6) is 1.75. The van der Waals surface area contributed by atoms with E-state index in [1.807, 2.05) is 6.08 Å². The first-order valence-corrected chi connectivity index (χ1v) is 12.6. The van der Waals surface area contributed by atoms with E-state index in [2.05, 4.69) is 45.9 Å². The van der Waals surface area contributed by atoms with Crippen LogP contribution in [0.2, 0.25) is 0 Å². The monoisotopic (exact) mass is 488 g/mol. The number of carbonyl (C=O) groups excluding carboxylic acids is 1. The minimum atomic E-state index is -0.474. The highest BCUT2D eigenvalue weighted by molar-refractivity contribution is 6.04. The van der Waals surface area contributed by atoms with Crippen LogP contribution < -0.4 is 14.2 Å². The van der Waals surface area contributed by atoms with Gasteiger partial charge in [0.25, 0.3) is 0 Å². The van der Waals surface area contributed by atoms with Gasteiger partial charge in [0.1, 0.15) is 40.3 Å². The zero-order valence-corrected chi connectivity index (χ0v) is 21.9. The maximum absolute atomic E-state index is 13.2. The van der Waals surface area contributed by atoms with Crippen LogP contribution in [-0.2, 0) is 0 Å². The minimum absolute atomic E-state index is 0.0376. The Bertz CT molecular complexity index is 1210. The van der Waals surface area contributed by atoms with Crippen molar-refractivity contribution in [2.24, 2.45) is 0 Å². The van der Waals surface area contributed by atoms with Crippen LogP contribution in [0.15, 0.2) is 59.7 Å². The molecule has 0 bridgehead atoms. The molecule has 2 aliphatic rings. The number of ketones is 1. The molecular weight excluding hydrogens is 452 g/mol. The first-order valence-electron chi connectivity index (χ1n) is 12.6. The number of benzene rings is 2. The number of allylic oxidation sites excluding steroid dienone is 4. The second-order valence-corrected chi connectivity index (χ2v) is 10.2. The van der Waals surface area contributed by atoms with Crippen molar-refractivity contribution in [1.29, 1.82) is 0 Å². The number of fused-ring (bicyclic) bond motifs is 3. The zero-order valence-electron chi connectivity index (χ0n) is 21.9. The van der Waals surface area contributed by atoms with Crippen LogP contribution in [-0.4, -0.2) is 23.6 Å². The summed E-state index contributed by atoms with van der Waals surface area (Å²) < 4.78 is 18.4. The summed E-state index contributed by atoms with van der Waals surface area (Å²) in [6, 6.07) is 8.57. The number of Topliss-reactive ketones (excluding diaryl/α,β-unsaturated/α-hetero) is 1. The van der Waals surface area contributed by atoms with Crippen molar-refractivity contribution in [3.8, 4) is 23.0 Å². The molecule has 2 heterocycles. The van der Waals surface area contributed by atoms with Gasteiger partial charge in [-0.25, -0.2) is 0 Å². The average Bonchev–Trinajstić information content (AvgIpc) is 2.83. The third-order valence-corrected chi connectivity index (χ3v) is 6.81. The number of aromatic hydroxyl groups is 1. The summed E-state index contributed by atoms with van der Waals surface area (Å²) in [6.07, 6.45) is 12.3. The van der Waals surface area contributed by atoms with E-state index in [0.717, 1.165) is 36.8 Å². The number of methoxy groups -OCH3 is 1. The fourth-order valence-corrected chi connectivity index (χ4v) is 4.72. The average molecular weight is 489 g/mol. The van der Waals surface area contributed by atoms with Gasteiger partial charge in [0.2, 0.25) is 0 Å². The molecule has 2 atom stereocenters. The highest BCUT2D eigenvalue weighted by Crippen LogP contribution is 2.49.